The molecule has 0 saturated heterocycles. The fraction of sp³-hybridized carbons (Fsp3) is 0.650. The summed E-state index contributed by atoms with van der Waals surface area (Å²) < 4.78 is 52.4. The number of halogens is 2. The van der Waals surface area contributed by atoms with Crippen molar-refractivity contribution in [2.75, 3.05) is 13.7 Å². The van der Waals surface area contributed by atoms with Crippen LogP contribution in [-0.4, -0.2) is 39.4 Å². The average molecular weight is 448 g/mol. The second-order valence-corrected chi connectivity index (χ2v) is 10.2. The molecular formula is C20H27ClFNO5S. The van der Waals surface area contributed by atoms with Gasteiger partial charge in [-0.25, -0.2) is 17.5 Å². The molecule has 1 aromatic carbocycles. The summed E-state index contributed by atoms with van der Waals surface area (Å²) in [4.78, 5) is 12.4. The lowest BCUT2D eigenvalue weighted by Crippen LogP contribution is -2.41. The Morgan fingerprint density at radius 1 is 1.17 bits per heavy atom. The van der Waals surface area contributed by atoms with E-state index in [1.165, 1.54) is 0 Å². The Morgan fingerprint density at radius 3 is 2.45 bits per heavy atom. The van der Waals surface area contributed by atoms with Crippen LogP contribution in [0.3, 0.4) is 0 Å². The summed E-state index contributed by atoms with van der Waals surface area (Å²) >= 11 is 6.15. The Bertz CT molecular complexity index is 834. The number of rotatable bonds is 7. The van der Waals surface area contributed by atoms with Gasteiger partial charge in [-0.2, -0.15) is 0 Å². The molecule has 2 fully saturated rings. The Balaban J connectivity index is 1.64. The van der Waals surface area contributed by atoms with Gasteiger partial charge in [0, 0.05) is 13.2 Å². The Morgan fingerprint density at radius 2 is 1.83 bits per heavy atom. The van der Waals surface area contributed by atoms with E-state index in [4.69, 9.17) is 21.1 Å². The van der Waals surface area contributed by atoms with Gasteiger partial charge in [0.25, 0.3) is 5.91 Å². The molecular weight excluding hydrogens is 421 g/mol. The molecule has 29 heavy (non-hydrogen) atoms. The van der Waals surface area contributed by atoms with Crippen molar-refractivity contribution in [1.29, 1.82) is 0 Å². The van der Waals surface area contributed by atoms with E-state index in [0.717, 1.165) is 37.8 Å². The highest BCUT2D eigenvalue weighted by atomic mass is 35.5. The van der Waals surface area contributed by atoms with Gasteiger partial charge in [-0.15, -0.1) is 0 Å². The number of carbonyl (C=O) groups excluding carboxylic acids is 1. The zero-order chi connectivity index (χ0) is 21.0. The molecule has 1 aromatic rings. The number of sulfonamides is 1. The number of hydrogen-bond donors (Lipinski definition) is 1. The molecule has 0 unspecified atom stereocenters. The van der Waals surface area contributed by atoms with Gasteiger partial charge in [-0.3, -0.25) is 4.79 Å². The number of amides is 1. The first-order chi connectivity index (χ1) is 13.8. The van der Waals surface area contributed by atoms with Gasteiger partial charge in [0.05, 0.1) is 28.5 Å². The van der Waals surface area contributed by atoms with E-state index in [2.05, 4.69) is 0 Å². The van der Waals surface area contributed by atoms with Crippen molar-refractivity contribution in [3.63, 3.8) is 0 Å². The van der Waals surface area contributed by atoms with Gasteiger partial charge in [-0.05, 0) is 50.5 Å². The van der Waals surface area contributed by atoms with Crippen molar-refractivity contribution in [2.24, 2.45) is 5.92 Å². The van der Waals surface area contributed by atoms with Crippen molar-refractivity contribution in [3.8, 4) is 5.75 Å². The summed E-state index contributed by atoms with van der Waals surface area (Å²) in [6, 6.07) is 2.16. The Kier molecular flexibility index (Phi) is 7.40. The van der Waals surface area contributed by atoms with Crippen LogP contribution in [0.1, 0.15) is 61.7 Å². The van der Waals surface area contributed by atoms with Crippen molar-refractivity contribution in [3.05, 3.63) is 28.5 Å². The fourth-order valence-electron chi connectivity index (χ4n) is 4.04. The minimum absolute atomic E-state index is 0.0326. The van der Waals surface area contributed by atoms with Crippen molar-refractivity contribution in [2.45, 2.75) is 62.7 Å². The first kappa shape index (κ1) is 22.3. The number of benzene rings is 1. The lowest BCUT2D eigenvalue weighted by atomic mass is 9.97. The molecule has 9 heteroatoms. The van der Waals surface area contributed by atoms with Crippen molar-refractivity contribution < 1.29 is 27.1 Å². The minimum Gasteiger partial charge on any atom is -0.492 e. The molecule has 2 saturated carbocycles. The highest BCUT2D eigenvalue weighted by molar-refractivity contribution is 7.90. The standard InChI is InChI=1S/C20H27ClFNO5S/c1-27-14-6-8-15(9-7-14)29(25,26)23-20(24)16-10-17(21)19(11-18(16)22)28-12-13-4-2-3-5-13/h10-11,13-15H,2-9,12H2,1H3,(H,23,24). The number of nitrogens with one attached hydrogen (secondary N) is 1. The van der Waals surface area contributed by atoms with Crippen LogP contribution in [0.15, 0.2) is 12.1 Å². The first-order valence-corrected chi connectivity index (χ1v) is 11.9. The van der Waals surface area contributed by atoms with E-state index < -0.39 is 32.6 Å². The lowest BCUT2D eigenvalue weighted by Gasteiger charge is -2.27. The molecule has 0 bridgehead atoms. The van der Waals surface area contributed by atoms with Crippen LogP contribution in [0.5, 0.6) is 5.75 Å². The molecule has 2 aliphatic rings. The zero-order valence-electron chi connectivity index (χ0n) is 16.5. The summed E-state index contributed by atoms with van der Waals surface area (Å²) in [6.07, 6.45) is 6.48. The third-order valence-corrected chi connectivity index (χ3v) is 7.96. The highest BCUT2D eigenvalue weighted by Gasteiger charge is 2.33. The van der Waals surface area contributed by atoms with Crippen LogP contribution in [-0.2, 0) is 14.8 Å². The van der Waals surface area contributed by atoms with Crippen LogP contribution >= 0.6 is 11.6 Å². The Hall–Kier alpha value is -1.38. The molecule has 0 aromatic heterocycles. The largest absolute Gasteiger partial charge is 0.492 e. The maximum Gasteiger partial charge on any atom is 0.267 e. The van der Waals surface area contributed by atoms with E-state index in [1.807, 2.05) is 4.72 Å². The molecule has 0 radical (unpaired) electrons. The first-order valence-electron chi connectivity index (χ1n) is 10.0. The van der Waals surface area contributed by atoms with Gasteiger partial charge in [0.2, 0.25) is 10.0 Å². The van der Waals surface area contributed by atoms with E-state index in [0.29, 0.717) is 38.2 Å². The monoisotopic (exact) mass is 447 g/mol. The quantitative estimate of drug-likeness (QED) is 0.681. The van der Waals surface area contributed by atoms with Crippen molar-refractivity contribution in [1.82, 2.24) is 4.72 Å². The summed E-state index contributed by atoms with van der Waals surface area (Å²) in [5.41, 5.74) is -0.419. The molecule has 2 aliphatic carbocycles. The molecule has 0 aliphatic heterocycles. The van der Waals surface area contributed by atoms with Crippen molar-refractivity contribution >= 4 is 27.5 Å². The van der Waals surface area contributed by atoms with Crippen LogP contribution in [0.25, 0.3) is 0 Å². The van der Waals surface area contributed by atoms with E-state index in [1.54, 1.807) is 7.11 Å². The lowest BCUT2D eigenvalue weighted by molar-refractivity contribution is 0.0716. The van der Waals surface area contributed by atoms with Gasteiger partial charge in [0.1, 0.15) is 11.6 Å². The topological polar surface area (TPSA) is 81.7 Å². The Labute approximate surface area is 176 Å². The summed E-state index contributed by atoms with van der Waals surface area (Å²) in [5.74, 6) is -1.31. The highest BCUT2D eigenvalue weighted by Crippen LogP contribution is 2.31. The zero-order valence-corrected chi connectivity index (χ0v) is 18.0. The number of ether oxygens (including phenoxy) is 2. The smallest absolute Gasteiger partial charge is 0.267 e. The van der Waals surface area contributed by atoms with E-state index in [-0.39, 0.29) is 16.9 Å². The molecule has 1 N–H and O–H groups in total. The molecule has 1 amide bonds. The third kappa shape index (κ3) is 5.61. The molecule has 6 nitrogen and oxygen atoms in total. The van der Waals surface area contributed by atoms with E-state index >= 15 is 0 Å². The summed E-state index contributed by atoms with van der Waals surface area (Å²) in [6.45, 7) is 0.448. The number of carbonyl (C=O) groups is 1. The third-order valence-electron chi connectivity index (χ3n) is 5.84. The van der Waals surface area contributed by atoms with Crippen LogP contribution in [0.2, 0.25) is 5.02 Å². The predicted molar refractivity (Wildman–Crippen MR) is 108 cm³/mol. The van der Waals surface area contributed by atoms with Crippen LogP contribution in [0.4, 0.5) is 4.39 Å². The van der Waals surface area contributed by atoms with Gasteiger partial charge in [-0.1, -0.05) is 24.4 Å². The van der Waals surface area contributed by atoms with Crippen LogP contribution in [0, 0.1) is 11.7 Å². The van der Waals surface area contributed by atoms with Crippen LogP contribution < -0.4 is 9.46 Å². The SMILES string of the molecule is COC1CCC(S(=O)(=O)NC(=O)c2cc(Cl)c(OCC3CCCC3)cc2F)CC1. The second-order valence-electron chi connectivity index (χ2n) is 7.83. The maximum absolute atomic E-state index is 14.5. The number of methoxy groups -OCH3 is 1. The number of hydrogen-bond acceptors (Lipinski definition) is 5. The fourth-order valence-corrected chi connectivity index (χ4v) is 5.69. The molecule has 162 valence electrons. The molecule has 0 atom stereocenters. The van der Waals surface area contributed by atoms with E-state index in [9.17, 15) is 17.6 Å². The normalized spacial score (nSPS) is 23.1. The molecule has 3 rings (SSSR count). The molecule has 0 spiro atoms. The maximum atomic E-state index is 14.5. The second kappa shape index (κ2) is 9.62. The minimum atomic E-state index is -3.92. The summed E-state index contributed by atoms with van der Waals surface area (Å²) in [5, 5.41) is -0.627. The predicted octanol–water partition coefficient (Wildman–Crippen LogP) is 4.07. The van der Waals surface area contributed by atoms with Gasteiger partial charge >= 0.3 is 0 Å². The summed E-state index contributed by atoms with van der Waals surface area (Å²) in [7, 11) is -2.33. The average Bonchev–Trinajstić information content (AvgIpc) is 3.21. The molecule has 0 heterocycles. The van der Waals surface area contributed by atoms with Gasteiger partial charge < -0.3 is 9.47 Å². The van der Waals surface area contributed by atoms with Gasteiger partial charge in [0.15, 0.2) is 0 Å².